The van der Waals surface area contributed by atoms with Gasteiger partial charge in [-0.1, -0.05) is 12.1 Å². The SMILES string of the molecule is CCNC(=NCc1cccc([N+](=O)[O-])c1)NC1CCC(C(=O)N2CCSCC2)CC1. The van der Waals surface area contributed by atoms with Gasteiger partial charge in [0.05, 0.1) is 11.5 Å². The molecule has 9 heteroatoms. The zero-order valence-electron chi connectivity index (χ0n) is 17.5. The summed E-state index contributed by atoms with van der Waals surface area (Å²) in [6.45, 7) is 4.89. The Bertz CT molecular complexity index is 759. The summed E-state index contributed by atoms with van der Waals surface area (Å²) in [4.78, 5) is 29.9. The molecule has 1 aromatic carbocycles. The first kappa shape index (κ1) is 22.4. The number of carbonyl (C=O) groups excluding carboxylic acids is 1. The van der Waals surface area contributed by atoms with Crippen molar-refractivity contribution < 1.29 is 9.72 Å². The molecule has 1 saturated heterocycles. The first-order valence-corrected chi connectivity index (χ1v) is 11.9. The highest BCUT2D eigenvalue weighted by molar-refractivity contribution is 7.99. The number of nitro benzene ring substituents is 1. The summed E-state index contributed by atoms with van der Waals surface area (Å²) in [6.07, 6.45) is 3.70. The number of benzene rings is 1. The van der Waals surface area contributed by atoms with Gasteiger partial charge in [0.2, 0.25) is 5.91 Å². The second-order valence-corrected chi connectivity index (χ2v) is 8.98. The van der Waals surface area contributed by atoms with Crippen LogP contribution in [0.5, 0.6) is 0 Å². The maximum absolute atomic E-state index is 12.7. The lowest BCUT2D eigenvalue weighted by molar-refractivity contribution is -0.384. The Labute approximate surface area is 182 Å². The van der Waals surface area contributed by atoms with E-state index in [2.05, 4.69) is 15.6 Å². The van der Waals surface area contributed by atoms with Crippen LogP contribution in [0.2, 0.25) is 0 Å². The van der Waals surface area contributed by atoms with Gasteiger partial charge < -0.3 is 15.5 Å². The molecule has 0 radical (unpaired) electrons. The Kier molecular flexibility index (Phi) is 8.36. The molecule has 1 saturated carbocycles. The first-order chi connectivity index (χ1) is 14.6. The van der Waals surface area contributed by atoms with Crippen LogP contribution in [-0.2, 0) is 11.3 Å². The number of nitrogens with one attached hydrogen (secondary N) is 2. The van der Waals surface area contributed by atoms with Crippen molar-refractivity contribution in [1.29, 1.82) is 0 Å². The Morgan fingerprint density at radius 1 is 1.27 bits per heavy atom. The van der Waals surface area contributed by atoms with Crippen molar-refractivity contribution >= 4 is 29.3 Å². The van der Waals surface area contributed by atoms with E-state index in [0.29, 0.717) is 18.4 Å². The molecule has 1 aliphatic carbocycles. The van der Waals surface area contributed by atoms with Gasteiger partial charge in [-0.2, -0.15) is 11.8 Å². The molecule has 2 N–H and O–H groups in total. The summed E-state index contributed by atoms with van der Waals surface area (Å²) >= 11 is 1.92. The Balaban J connectivity index is 1.52. The van der Waals surface area contributed by atoms with Crippen LogP contribution in [0.15, 0.2) is 29.3 Å². The fraction of sp³-hybridized carbons (Fsp3) is 0.619. The van der Waals surface area contributed by atoms with Crippen molar-refractivity contribution in [1.82, 2.24) is 15.5 Å². The number of thioether (sulfide) groups is 1. The van der Waals surface area contributed by atoms with Gasteiger partial charge in [-0.3, -0.25) is 14.9 Å². The molecule has 1 aromatic rings. The molecule has 0 unspecified atom stereocenters. The van der Waals surface area contributed by atoms with Crippen molar-refractivity contribution in [3.8, 4) is 0 Å². The standard InChI is InChI=1S/C21H31N5O3S/c1-2-22-21(23-15-16-4-3-5-19(14-16)26(28)29)24-18-8-6-17(7-9-18)20(27)25-10-12-30-13-11-25/h3-5,14,17-18H,2,6-13,15H2,1H3,(H2,22,23,24). The molecule has 1 aliphatic heterocycles. The van der Waals surface area contributed by atoms with E-state index in [-0.39, 0.29) is 22.6 Å². The predicted molar refractivity (Wildman–Crippen MR) is 121 cm³/mol. The normalized spacial score (nSPS) is 22.4. The number of nitro groups is 1. The average molecular weight is 434 g/mol. The quantitative estimate of drug-likeness (QED) is 0.310. The summed E-state index contributed by atoms with van der Waals surface area (Å²) in [5.74, 6) is 3.30. The molecule has 0 aromatic heterocycles. The minimum Gasteiger partial charge on any atom is -0.357 e. The van der Waals surface area contributed by atoms with Crippen molar-refractivity contribution in [2.75, 3.05) is 31.1 Å². The first-order valence-electron chi connectivity index (χ1n) is 10.7. The highest BCUT2D eigenvalue weighted by Gasteiger charge is 2.30. The van der Waals surface area contributed by atoms with Crippen molar-refractivity contribution in [3.05, 3.63) is 39.9 Å². The van der Waals surface area contributed by atoms with E-state index in [9.17, 15) is 14.9 Å². The minimum atomic E-state index is -0.390. The molecule has 1 amide bonds. The van der Waals surface area contributed by atoms with Gasteiger partial charge in [0.25, 0.3) is 5.69 Å². The topological polar surface area (TPSA) is 99.9 Å². The second kappa shape index (κ2) is 11.2. The molecule has 164 valence electrons. The van der Waals surface area contributed by atoms with Crippen LogP contribution in [-0.4, -0.2) is 58.9 Å². The van der Waals surface area contributed by atoms with E-state index in [1.807, 2.05) is 29.7 Å². The van der Waals surface area contributed by atoms with Gasteiger partial charge in [-0.25, -0.2) is 4.99 Å². The summed E-state index contributed by atoms with van der Waals surface area (Å²) in [5.41, 5.74) is 0.881. The van der Waals surface area contributed by atoms with Crippen molar-refractivity contribution in [3.63, 3.8) is 0 Å². The van der Waals surface area contributed by atoms with E-state index in [1.165, 1.54) is 6.07 Å². The van der Waals surface area contributed by atoms with E-state index >= 15 is 0 Å². The third-order valence-corrected chi connectivity index (χ3v) is 6.57. The molecule has 0 bridgehead atoms. The Morgan fingerprint density at radius 2 is 2.00 bits per heavy atom. The number of nitrogens with zero attached hydrogens (tertiary/aromatic N) is 3. The van der Waals surface area contributed by atoms with E-state index in [1.54, 1.807) is 12.1 Å². The Hall–Kier alpha value is -2.29. The van der Waals surface area contributed by atoms with Crippen LogP contribution in [0.25, 0.3) is 0 Å². The predicted octanol–water partition coefficient (Wildman–Crippen LogP) is 2.78. The number of rotatable bonds is 6. The van der Waals surface area contributed by atoms with Gasteiger partial charge in [0.15, 0.2) is 5.96 Å². The lowest BCUT2D eigenvalue weighted by Crippen LogP contribution is -2.47. The smallest absolute Gasteiger partial charge is 0.269 e. The van der Waals surface area contributed by atoms with Gasteiger partial charge >= 0.3 is 0 Å². The molecule has 8 nitrogen and oxygen atoms in total. The molecule has 2 aliphatic rings. The summed E-state index contributed by atoms with van der Waals surface area (Å²) in [6, 6.07) is 6.86. The van der Waals surface area contributed by atoms with Gasteiger partial charge in [0.1, 0.15) is 0 Å². The molecule has 2 fully saturated rings. The van der Waals surface area contributed by atoms with E-state index in [4.69, 9.17) is 0 Å². The fourth-order valence-corrected chi connectivity index (χ4v) is 4.88. The van der Waals surface area contributed by atoms with Crippen LogP contribution in [0.3, 0.4) is 0 Å². The number of amides is 1. The zero-order valence-corrected chi connectivity index (χ0v) is 18.3. The van der Waals surface area contributed by atoms with Crippen LogP contribution in [0.4, 0.5) is 5.69 Å². The summed E-state index contributed by atoms with van der Waals surface area (Å²) in [5, 5.41) is 17.7. The highest BCUT2D eigenvalue weighted by Crippen LogP contribution is 2.27. The lowest BCUT2D eigenvalue weighted by atomic mass is 9.85. The fourth-order valence-electron chi connectivity index (χ4n) is 3.98. The number of non-ortho nitro benzene ring substituents is 1. The molecular weight excluding hydrogens is 402 g/mol. The minimum absolute atomic E-state index is 0.0796. The summed E-state index contributed by atoms with van der Waals surface area (Å²) in [7, 11) is 0. The van der Waals surface area contributed by atoms with Crippen molar-refractivity contribution in [2.45, 2.75) is 45.2 Å². The second-order valence-electron chi connectivity index (χ2n) is 7.75. The van der Waals surface area contributed by atoms with Crippen LogP contribution >= 0.6 is 11.8 Å². The number of guanidine groups is 1. The van der Waals surface area contributed by atoms with E-state index < -0.39 is 0 Å². The highest BCUT2D eigenvalue weighted by atomic mass is 32.2. The van der Waals surface area contributed by atoms with Gasteiger partial charge in [0, 0.05) is 55.2 Å². The molecular formula is C21H31N5O3S. The van der Waals surface area contributed by atoms with E-state index in [0.717, 1.165) is 62.4 Å². The summed E-state index contributed by atoms with van der Waals surface area (Å²) < 4.78 is 0. The van der Waals surface area contributed by atoms with Gasteiger partial charge in [-0.15, -0.1) is 0 Å². The molecule has 3 rings (SSSR count). The van der Waals surface area contributed by atoms with Gasteiger partial charge in [-0.05, 0) is 38.2 Å². The van der Waals surface area contributed by atoms with Crippen LogP contribution in [0.1, 0.15) is 38.2 Å². The Morgan fingerprint density at radius 3 is 2.67 bits per heavy atom. The largest absolute Gasteiger partial charge is 0.357 e. The number of aliphatic imine (C=N–C) groups is 1. The molecule has 30 heavy (non-hydrogen) atoms. The molecule has 0 spiro atoms. The van der Waals surface area contributed by atoms with Crippen LogP contribution < -0.4 is 10.6 Å². The number of hydrogen-bond donors (Lipinski definition) is 2. The monoisotopic (exact) mass is 433 g/mol. The maximum atomic E-state index is 12.7. The van der Waals surface area contributed by atoms with Crippen molar-refractivity contribution in [2.24, 2.45) is 10.9 Å². The zero-order chi connectivity index (χ0) is 21.3. The maximum Gasteiger partial charge on any atom is 0.269 e. The lowest BCUT2D eigenvalue weighted by Gasteiger charge is -2.34. The third kappa shape index (κ3) is 6.35. The molecule has 0 atom stereocenters. The number of hydrogen-bond acceptors (Lipinski definition) is 5. The average Bonchev–Trinajstić information content (AvgIpc) is 2.78. The molecule has 1 heterocycles. The third-order valence-electron chi connectivity index (χ3n) is 5.63. The number of carbonyl (C=O) groups is 1. The van der Waals surface area contributed by atoms with Crippen LogP contribution in [0, 0.1) is 16.0 Å².